The molecule has 0 heterocycles. The molecule has 0 rings (SSSR count). The fourth-order valence-corrected chi connectivity index (χ4v) is 6.92. The third-order valence-corrected chi connectivity index (χ3v) is 10.6. The third kappa shape index (κ3) is 37.3. The summed E-state index contributed by atoms with van der Waals surface area (Å²) in [5.41, 5.74) is 0. The summed E-state index contributed by atoms with van der Waals surface area (Å²) in [6, 6.07) is -0.855. The van der Waals surface area contributed by atoms with Crippen LogP contribution in [0.4, 0.5) is 0 Å². The van der Waals surface area contributed by atoms with Crippen molar-refractivity contribution in [1.29, 1.82) is 0 Å². The zero-order valence-electron chi connectivity index (χ0n) is 34.8. The van der Waals surface area contributed by atoms with Crippen molar-refractivity contribution in [3.8, 4) is 0 Å². The van der Waals surface area contributed by atoms with Gasteiger partial charge in [0.1, 0.15) is 13.2 Å². The highest BCUT2D eigenvalue weighted by Gasteiger charge is 2.27. The Kier molecular flexibility index (Phi) is 35.0. The summed E-state index contributed by atoms with van der Waals surface area (Å²) >= 11 is 0. The average Bonchev–Trinajstić information content (AvgIpc) is 3.09. The lowest BCUT2D eigenvalue weighted by atomic mass is 10.0. The van der Waals surface area contributed by atoms with Crippen molar-refractivity contribution in [2.24, 2.45) is 0 Å². The van der Waals surface area contributed by atoms with E-state index in [1.807, 2.05) is 27.2 Å². The minimum absolute atomic E-state index is 0.0574. The van der Waals surface area contributed by atoms with Gasteiger partial charge in [0.05, 0.1) is 39.9 Å². The molecule has 0 spiro atoms. The van der Waals surface area contributed by atoms with Gasteiger partial charge in [-0.1, -0.05) is 186 Å². The number of likely N-dealkylation sites (N-methyl/N-ethyl adjacent to an activating group) is 1. The van der Waals surface area contributed by atoms with Crippen LogP contribution in [-0.4, -0.2) is 73.4 Å². The van der Waals surface area contributed by atoms with Crippen LogP contribution in [-0.2, 0) is 18.4 Å². The van der Waals surface area contributed by atoms with Gasteiger partial charge in [-0.2, -0.15) is 0 Å². The predicted molar refractivity (Wildman–Crippen MR) is 221 cm³/mol. The first-order chi connectivity index (χ1) is 25.0. The summed E-state index contributed by atoms with van der Waals surface area (Å²) in [4.78, 5) is 23.0. The Labute approximate surface area is 322 Å². The Bertz CT molecular complexity index is 907. The number of carbonyl (C=O) groups excluding carboxylic acids is 1. The molecule has 52 heavy (non-hydrogen) atoms. The van der Waals surface area contributed by atoms with Crippen molar-refractivity contribution in [2.45, 2.75) is 206 Å². The van der Waals surface area contributed by atoms with Gasteiger partial charge < -0.3 is 19.8 Å². The summed E-state index contributed by atoms with van der Waals surface area (Å²) < 4.78 is 23.4. The molecule has 3 atom stereocenters. The molecule has 0 fully saturated rings. The number of carbonyl (C=O) groups is 1. The first kappa shape index (κ1) is 51.0. The monoisotopic (exact) mass is 758 g/mol. The molecule has 9 heteroatoms. The minimum atomic E-state index is -4.33. The number of rotatable bonds is 39. The number of hydrogen-bond acceptors (Lipinski definition) is 5. The number of nitrogens with zero attached hydrogens (tertiary/aromatic N) is 1. The van der Waals surface area contributed by atoms with Crippen LogP contribution in [0.1, 0.15) is 194 Å². The molecule has 0 bridgehead atoms. The van der Waals surface area contributed by atoms with Crippen LogP contribution in [0.15, 0.2) is 24.3 Å². The van der Waals surface area contributed by atoms with Gasteiger partial charge in [0.25, 0.3) is 0 Å². The van der Waals surface area contributed by atoms with Gasteiger partial charge in [-0.25, -0.2) is 4.57 Å². The molecular formula is C43H86N2O6P+. The topological polar surface area (TPSA) is 105 Å². The van der Waals surface area contributed by atoms with Gasteiger partial charge in [0.15, 0.2) is 0 Å². The number of allylic oxidation sites excluding steroid dienone is 3. The standard InChI is InChI=1S/C43H85N2O6P/c1-6-8-10-12-14-15-16-17-18-19-20-21-22-23-24-25-26-27-28-29-31-33-35-37-43(47)44-41(42(46)36-34-32-30-13-11-9-7-2)40-51-52(48,49)50-39-38-45(3,4)5/h11,13,34,36,41-42,46H,6-10,12,14-33,35,37-40H2,1-5H3,(H-,44,47,48,49)/p+1/b13-11+,36-34+. The first-order valence-corrected chi connectivity index (χ1v) is 23.2. The van der Waals surface area contributed by atoms with E-state index in [1.165, 1.54) is 128 Å². The maximum absolute atomic E-state index is 12.8. The highest BCUT2D eigenvalue weighted by atomic mass is 31.2. The summed E-state index contributed by atoms with van der Waals surface area (Å²) in [6.07, 6.45) is 41.4. The normalized spacial score (nSPS) is 14.7. The van der Waals surface area contributed by atoms with Crippen LogP contribution in [0.2, 0.25) is 0 Å². The van der Waals surface area contributed by atoms with Crippen LogP contribution in [0.3, 0.4) is 0 Å². The summed E-state index contributed by atoms with van der Waals surface area (Å²) in [7, 11) is 1.56. The van der Waals surface area contributed by atoms with Gasteiger partial charge >= 0.3 is 7.82 Å². The van der Waals surface area contributed by atoms with Crippen LogP contribution in [0.25, 0.3) is 0 Å². The Hall–Kier alpha value is -1.02. The quantitative estimate of drug-likeness (QED) is 0.0250. The number of quaternary nitrogens is 1. The molecule has 0 aromatic rings. The number of hydrogen-bond donors (Lipinski definition) is 3. The second-order valence-corrected chi connectivity index (χ2v) is 17.5. The average molecular weight is 758 g/mol. The number of unbranched alkanes of at least 4 members (excludes halogenated alkanes) is 24. The van der Waals surface area contributed by atoms with Crippen molar-refractivity contribution in [2.75, 3.05) is 40.9 Å². The molecule has 0 saturated carbocycles. The Morgan fingerprint density at radius 3 is 1.50 bits per heavy atom. The largest absolute Gasteiger partial charge is 0.472 e. The van der Waals surface area contributed by atoms with E-state index < -0.39 is 20.0 Å². The van der Waals surface area contributed by atoms with Crippen molar-refractivity contribution in [3.05, 3.63) is 24.3 Å². The van der Waals surface area contributed by atoms with E-state index in [-0.39, 0.29) is 19.1 Å². The molecule has 8 nitrogen and oxygen atoms in total. The molecule has 1 amide bonds. The van der Waals surface area contributed by atoms with Gasteiger partial charge in [-0.3, -0.25) is 13.8 Å². The third-order valence-electron chi connectivity index (χ3n) is 9.66. The molecule has 0 aliphatic carbocycles. The Balaban J connectivity index is 4.10. The molecular weight excluding hydrogens is 671 g/mol. The van der Waals surface area contributed by atoms with Crippen LogP contribution >= 0.6 is 7.82 Å². The molecule has 0 aliphatic heterocycles. The van der Waals surface area contributed by atoms with Gasteiger partial charge in [0.2, 0.25) is 5.91 Å². The van der Waals surface area contributed by atoms with Crippen molar-refractivity contribution >= 4 is 13.7 Å². The second kappa shape index (κ2) is 35.7. The minimum Gasteiger partial charge on any atom is -0.387 e. The molecule has 0 aromatic heterocycles. The van der Waals surface area contributed by atoms with Crippen molar-refractivity contribution < 1.29 is 32.9 Å². The number of nitrogens with one attached hydrogen (secondary N) is 1. The zero-order valence-corrected chi connectivity index (χ0v) is 35.7. The van der Waals surface area contributed by atoms with Gasteiger partial charge in [0, 0.05) is 6.42 Å². The number of aliphatic hydroxyl groups excluding tert-OH is 1. The highest BCUT2D eigenvalue weighted by Crippen LogP contribution is 2.43. The van der Waals surface area contributed by atoms with E-state index >= 15 is 0 Å². The fraction of sp³-hybridized carbons (Fsp3) is 0.884. The molecule has 0 aromatic carbocycles. The number of phosphoric ester groups is 1. The summed E-state index contributed by atoms with van der Waals surface area (Å²) in [5.74, 6) is -0.189. The van der Waals surface area contributed by atoms with Crippen LogP contribution in [0.5, 0.6) is 0 Å². The lowest BCUT2D eigenvalue weighted by molar-refractivity contribution is -0.870. The second-order valence-electron chi connectivity index (χ2n) is 16.1. The SMILES string of the molecule is CCC/C=C/CC/C=C/C(O)C(COP(=O)(O)OCC[N+](C)(C)C)NC(=O)CCCCCCCCCCCCCCCCCCCCCCCCC. The fourth-order valence-electron chi connectivity index (χ4n) is 6.18. The van der Waals surface area contributed by atoms with E-state index in [9.17, 15) is 19.4 Å². The number of amides is 1. The number of aliphatic hydroxyl groups is 1. The van der Waals surface area contributed by atoms with E-state index in [2.05, 4.69) is 31.3 Å². The van der Waals surface area contributed by atoms with Crippen LogP contribution in [0, 0.1) is 0 Å². The molecule has 3 unspecified atom stereocenters. The van der Waals surface area contributed by atoms with E-state index in [4.69, 9.17) is 9.05 Å². The Morgan fingerprint density at radius 2 is 1.06 bits per heavy atom. The number of phosphoric acid groups is 1. The zero-order chi connectivity index (χ0) is 38.6. The summed E-state index contributed by atoms with van der Waals surface area (Å²) in [6.45, 7) is 4.69. The Morgan fingerprint density at radius 1 is 0.635 bits per heavy atom. The molecule has 0 saturated heterocycles. The molecule has 0 aliphatic rings. The van der Waals surface area contributed by atoms with Crippen LogP contribution < -0.4 is 5.32 Å². The van der Waals surface area contributed by atoms with E-state index in [0.717, 1.165) is 44.9 Å². The smallest absolute Gasteiger partial charge is 0.387 e. The molecule has 308 valence electrons. The predicted octanol–water partition coefficient (Wildman–Crippen LogP) is 11.7. The summed E-state index contributed by atoms with van der Waals surface area (Å²) in [5, 5.41) is 13.7. The van der Waals surface area contributed by atoms with E-state index in [0.29, 0.717) is 17.4 Å². The van der Waals surface area contributed by atoms with Crippen molar-refractivity contribution in [1.82, 2.24) is 5.32 Å². The maximum atomic E-state index is 12.8. The lowest BCUT2D eigenvalue weighted by Crippen LogP contribution is -2.45. The first-order valence-electron chi connectivity index (χ1n) is 21.7. The molecule has 0 radical (unpaired) electrons. The maximum Gasteiger partial charge on any atom is 0.472 e. The van der Waals surface area contributed by atoms with Gasteiger partial charge in [-0.05, 0) is 25.7 Å². The highest BCUT2D eigenvalue weighted by molar-refractivity contribution is 7.47. The molecule has 3 N–H and O–H groups in total. The van der Waals surface area contributed by atoms with Crippen molar-refractivity contribution in [3.63, 3.8) is 0 Å². The lowest BCUT2D eigenvalue weighted by Gasteiger charge is -2.25. The van der Waals surface area contributed by atoms with Gasteiger partial charge in [-0.15, -0.1) is 0 Å². The van der Waals surface area contributed by atoms with E-state index in [1.54, 1.807) is 6.08 Å².